The van der Waals surface area contributed by atoms with Gasteiger partial charge in [-0.25, -0.2) is 8.42 Å². The second kappa shape index (κ2) is 17.1. The fraction of sp³-hybridized carbons (Fsp3) is 0.846. The summed E-state index contributed by atoms with van der Waals surface area (Å²) in [6.45, 7) is 31.1. The largest absolute Gasteiger partial charge is 0.462 e. The second-order valence-corrected chi connectivity index (χ2v) is 25.6. The van der Waals surface area contributed by atoms with Crippen molar-refractivity contribution in [3.63, 3.8) is 0 Å². The maximum atomic E-state index is 13.6. The number of nitrogens with one attached hydrogen (secondary N) is 1. The van der Waals surface area contributed by atoms with Gasteiger partial charge in [0.1, 0.15) is 0 Å². The Bertz CT molecular complexity index is 1810. The molecule has 1 aliphatic heterocycles. The van der Waals surface area contributed by atoms with E-state index < -0.39 is 27.2 Å². The molecule has 6 aliphatic carbocycles. The fourth-order valence-electron chi connectivity index (χ4n) is 16.1. The average Bonchev–Trinajstić information content (AvgIpc) is 3.62. The molecule has 1 unspecified atom stereocenters. The Kier molecular flexibility index (Phi) is 13.2. The molecular weight excluding hydrogens is 781 g/mol. The molecule has 0 aromatic heterocycles. The number of allylic oxidation sites excluding steroid dienone is 5. The average molecular weight is 865 g/mol. The summed E-state index contributed by atoms with van der Waals surface area (Å²) in [6, 6.07) is 0.528. The molecule has 61 heavy (non-hydrogen) atoms. The van der Waals surface area contributed by atoms with E-state index in [0.717, 1.165) is 25.9 Å². The number of hydrogen-bond acceptors (Lipinski definition) is 8. The molecule has 7 rings (SSSR count). The molecule has 1 saturated heterocycles. The quantitative estimate of drug-likeness (QED) is 0.0949. The highest BCUT2D eigenvalue weighted by atomic mass is 32.2. The van der Waals surface area contributed by atoms with Gasteiger partial charge in [0.25, 0.3) is 0 Å². The number of nitrogens with zero attached hydrogens (tertiary/aromatic N) is 1. The molecule has 7 aliphatic rings. The number of carbonyl (C=O) groups is 2. The van der Waals surface area contributed by atoms with Crippen LogP contribution in [0.1, 0.15) is 159 Å². The van der Waals surface area contributed by atoms with E-state index in [0.29, 0.717) is 79.5 Å². The third-order valence-corrected chi connectivity index (χ3v) is 21.0. The first-order valence-electron chi connectivity index (χ1n) is 24.7. The van der Waals surface area contributed by atoms with Gasteiger partial charge in [0, 0.05) is 19.1 Å². The lowest BCUT2D eigenvalue weighted by Crippen LogP contribution is -2.67. The second-order valence-electron chi connectivity index (χ2n) is 23.3. The van der Waals surface area contributed by atoms with Crippen LogP contribution in [0.3, 0.4) is 0 Å². The van der Waals surface area contributed by atoms with Crippen LogP contribution in [0, 0.1) is 62.1 Å². The zero-order chi connectivity index (χ0) is 44.4. The van der Waals surface area contributed by atoms with Crippen molar-refractivity contribution in [2.45, 2.75) is 177 Å². The molecular formula is C52H84N2O6S. The normalized spacial score (nSPS) is 40.5. The summed E-state index contributed by atoms with van der Waals surface area (Å²) in [4.78, 5) is 29.5. The first-order valence-corrected chi connectivity index (χ1v) is 26.5. The Morgan fingerprint density at radius 2 is 1.48 bits per heavy atom. The fourth-order valence-corrected chi connectivity index (χ4v) is 17.4. The highest BCUT2D eigenvalue weighted by Gasteiger charge is 2.71. The summed E-state index contributed by atoms with van der Waals surface area (Å²) < 4.78 is 35.4. The molecule has 10 atom stereocenters. The van der Waals surface area contributed by atoms with Gasteiger partial charge in [-0.3, -0.25) is 9.59 Å². The van der Waals surface area contributed by atoms with Crippen molar-refractivity contribution in [3.05, 3.63) is 36.0 Å². The van der Waals surface area contributed by atoms with E-state index in [1.165, 1.54) is 68.9 Å². The van der Waals surface area contributed by atoms with Gasteiger partial charge in [-0.2, -0.15) is 0 Å². The summed E-state index contributed by atoms with van der Waals surface area (Å²) in [5, 5.41) is 4.13. The molecule has 0 radical (unpaired) electrons. The maximum absolute atomic E-state index is 13.6. The summed E-state index contributed by atoms with van der Waals surface area (Å²) in [5.74, 6) is 2.73. The number of ether oxygens (including phenoxy) is 2. The van der Waals surface area contributed by atoms with Crippen molar-refractivity contribution < 1.29 is 27.5 Å². The van der Waals surface area contributed by atoms with Crippen molar-refractivity contribution in [2.75, 3.05) is 37.7 Å². The monoisotopic (exact) mass is 865 g/mol. The minimum absolute atomic E-state index is 0.0330. The van der Waals surface area contributed by atoms with Crippen LogP contribution >= 0.6 is 0 Å². The lowest BCUT2D eigenvalue weighted by molar-refractivity contribution is -0.243. The van der Waals surface area contributed by atoms with Crippen LogP contribution < -0.4 is 5.32 Å². The summed E-state index contributed by atoms with van der Waals surface area (Å²) in [7, 11) is -2.85. The van der Waals surface area contributed by atoms with Gasteiger partial charge in [-0.15, -0.1) is 6.58 Å². The SMILES string of the molecule is C=C[C@@H]1CC[C@H]2C(NCCCN3CCS(=O)(=O)CC3)CCC[C@]3(C)[C@](C)(CC[C@@H]4[C@@]5(C)CC=C(C6=CCC(C(=O)OC(C)C)(C(=O)OC(C)C)CC6)C(C)(C)[C@@H]5CC[C@]43C)[C@@H]12. The van der Waals surface area contributed by atoms with Gasteiger partial charge >= 0.3 is 11.9 Å². The van der Waals surface area contributed by atoms with E-state index in [2.05, 4.69) is 76.6 Å². The number of rotatable bonds is 11. The standard InChI is InChI=1S/C52H84N2O6S/c1-12-37-16-17-39-41(53-29-14-30-54-31-33-61(57,58)34-32-54)15-13-23-51(11)49(9)25-21-42-47(6,7)40(20-24-48(42,8)43(49)22-26-50(51,10)44(37)39)38-18-27-52(28-19-38,45(55)59-35(2)3)46(56)60-36(4)5/h12,18,20,35-37,39,41-44,53H,1,13-17,19,21-34H2,2-11H3/t37-,39+,41?,42+,43-,44+,48+,49-,50-,51+/m1/s1. The van der Waals surface area contributed by atoms with Gasteiger partial charge in [0.05, 0.1) is 23.7 Å². The molecule has 1 N–H and O–H groups in total. The van der Waals surface area contributed by atoms with Crippen LogP contribution in [-0.2, 0) is 28.9 Å². The minimum Gasteiger partial charge on any atom is -0.462 e. The van der Waals surface area contributed by atoms with Crippen molar-refractivity contribution in [3.8, 4) is 0 Å². The van der Waals surface area contributed by atoms with Crippen LogP contribution in [0.4, 0.5) is 0 Å². The first kappa shape index (κ1) is 47.0. The van der Waals surface area contributed by atoms with E-state index in [1.54, 1.807) is 0 Å². The molecule has 8 nitrogen and oxygen atoms in total. The third-order valence-electron chi connectivity index (χ3n) is 19.4. The Balaban J connectivity index is 1.11. The number of carbonyl (C=O) groups excluding carboxylic acids is 2. The Morgan fingerprint density at radius 1 is 0.836 bits per heavy atom. The first-order chi connectivity index (χ1) is 28.6. The molecule has 5 fully saturated rings. The molecule has 1 heterocycles. The highest BCUT2D eigenvalue weighted by molar-refractivity contribution is 7.91. The van der Waals surface area contributed by atoms with E-state index in [1.807, 2.05) is 27.7 Å². The van der Waals surface area contributed by atoms with Crippen molar-refractivity contribution in [2.24, 2.45) is 62.1 Å². The van der Waals surface area contributed by atoms with Gasteiger partial charge in [-0.1, -0.05) is 66.2 Å². The number of fused-ring (bicyclic) bond motifs is 7. The number of sulfone groups is 1. The Labute approximate surface area is 371 Å². The predicted octanol–water partition coefficient (Wildman–Crippen LogP) is 10.3. The van der Waals surface area contributed by atoms with Crippen molar-refractivity contribution in [1.29, 1.82) is 0 Å². The third kappa shape index (κ3) is 7.99. The lowest BCUT2D eigenvalue weighted by atomic mass is 9.31. The number of esters is 2. The molecule has 0 spiro atoms. The van der Waals surface area contributed by atoms with Crippen molar-refractivity contribution in [1.82, 2.24) is 10.2 Å². The zero-order valence-electron chi connectivity index (χ0n) is 40.0. The van der Waals surface area contributed by atoms with Crippen LogP contribution in [-0.4, -0.2) is 81.2 Å². The van der Waals surface area contributed by atoms with Gasteiger partial charge in [0.15, 0.2) is 15.3 Å². The Morgan fingerprint density at radius 3 is 2.08 bits per heavy atom. The van der Waals surface area contributed by atoms with Crippen LogP contribution in [0.2, 0.25) is 0 Å². The van der Waals surface area contributed by atoms with Crippen LogP contribution in [0.5, 0.6) is 0 Å². The van der Waals surface area contributed by atoms with Gasteiger partial charge in [0.2, 0.25) is 0 Å². The summed E-state index contributed by atoms with van der Waals surface area (Å²) in [6.07, 6.45) is 21.5. The van der Waals surface area contributed by atoms with Gasteiger partial charge < -0.3 is 19.7 Å². The Hall–Kier alpha value is -1.97. The topological polar surface area (TPSA) is 102 Å². The molecule has 0 amide bonds. The summed E-state index contributed by atoms with van der Waals surface area (Å²) in [5.41, 5.74) is 2.26. The maximum Gasteiger partial charge on any atom is 0.324 e. The van der Waals surface area contributed by atoms with Gasteiger partial charge in [-0.05, 0) is 192 Å². The molecule has 4 saturated carbocycles. The molecule has 344 valence electrons. The molecule has 0 bridgehead atoms. The zero-order valence-corrected chi connectivity index (χ0v) is 40.8. The lowest BCUT2D eigenvalue weighted by Gasteiger charge is -2.74. The van der Waals surface area contributed by atoms with E-state index in [4.69, 9.17) is 9.47 Å². The molecule has 0 aromatic carbocycles. The molecule has 9 heteroatoms. The van der Waals surface area contributed by atoms with Crippen LogP contribution in [0.25, 0.3) is 0 Å². The van der Waals surface area contributed by atoms with E-state index in [-0.39, 0.29) is 39.3 Å². The van der Waals surface area contributed by atoms with E-state index in [9.17, 15) is 18.0 Å². The molecule has 0 aromatic rings. The minimum atomic E-state index is -2.85. The smallest absolute Gasteiger partial charge is 0.324 e. The highest BCUT2D eigenvalue weighted by Crippen LogP contribution is 2.78. The van der Waals surface area contributed by atoms with E-state index >= 15 is 0 Å². The summed E-state index contributed by atoms with van der Waals surface area (Å²) >= 11 is 0. The van der Waals surface area contributed by atoms with Crippen LogP contribution in [0.15, 0.2) is 36.0 Å². The number of hydrogen-bond donors (Lipinski definition) is 1. The predicted molar refractivity (Wildman–Crippen MR) is 246 cm³/mol. The van der Waals surface area contributed by atoms with Crippen molar-refractivity contribution >= 4 is 21.8 Å².